The number of fused-ring (bicyclic) bond motifs is 1. The highest BCUT2D eigenvalue weighted by Crippen LogP contribution is 2.23. The van der Waals surface area contributed by atoms with Crippen LogP contribution in [0.2, 0.25) is 0 Å². The Balaban J connectivity index is 1.99. The summed E-state index contributed by atoms with van der Waals surface area (Å²) >= 11 is 0. The molecule has 0 atom stereocenters. The van der Waals surface area contributed by atoms with Crippen LogP contribution in [0.3, 0.4) is 0 Å². The van der Waals surface area contributed by atoms with Gasteiger partial charge in [0, 0.05) is 30.0 Å². The van der Waals surface area contributed by atoms with Gasteiger partial charge in [-0.2, -0.15) is 4.98 Å². The van der Waals surface area contributed by atoms with Crippen LogP contribution in [0.1, 0.15) is 13.3 Å². The summed E-state index contributed by atoms with van der Waals surface area (Å²) in [5, 5.41) is 7.60. The van der Waals surface area contributed by atoms with E-state index in [0.717, 1.165) is 35.4 Å². The molecule has 0 aliphatic heterocycles. The number of hydrogen-bond donors (Lipinski definition) is 2. The van der Waals surface area contributed by atoms with Crippen molar-refractivity contribution in [3.8, 4) is 0 Å². The van der Waals surface area contributed by atoms with Gasteiger partial charge in [0.15, 0.2) is 0 Å². The monoisotopic (exact) mass is 279 g/mol. The number of aromatic nitrogens is 3. The largest absolute Gasteiger partial charge is 0.369 e. The second-order valence-electron chi connectivity index (χ2n) is 4.70. The molecule has 1 aromatic carbocycles. The maximum absolute atomic E-state index is 4.58. The Morgan fingerprint density at radius 2 is 1.81 bits per heavy atom. The number of anilines is 3. The van der Waals surface area contributed by atoms with Crippen molar-refractivity contribution in [2.75, 3.05) is 17.2 Å². The van der Waals surface area contributed by atoms with E-state index in [-0.39, 0.29) is 0 Å². The van der Waals surface area contributed by atoms with E-state index < -0.39 is 0 Å². The molecule has 0 saturated carbocycles. The van der Waals surface area contributed by atoms with Gasteiger partial charge in [0.2, 0.25) is 5.95 Å². The molecule has 0 amide bonds. The van der Waals surface area contributed by atoms with Crippen LogP contribution in [-0.2, 0) is 0 Å². The Labute approximate surface area is 123 Å². The molecule has 21 heavy (non-hydrogen) atoms. The maximum Gasteiger partial charge on any atom is 0.229 e. The summed E-state index contributed by atoms with van der Waals surface area (Å²) in [5.41, 5.74) is 1.84. The predicted octanol–water partition coefficient (Wildman–Crippen LogP) is 3.59. The van der Waals surface area contributed by atoms with E-state index in [2.05, 4.69) is 32.5 Å². The lowest BCUT2D eigenvalue weighted by Gasteiger charge is -2.11. The van der Waals surface area contributed by atoms with Crippen molar-refractivity contribution >= 4 is 28.4 Å². The summed E-state index contributed by atoms with van der Waals surface area (Å²) in [5.74, 6) is 1.44. The fourth-order valence-electron chi connectivity index (χ4n) is 2.08. The molecule has 5 heteroatoms. The predicted molar refractivity (Wildman–Crippen MR) is 85.8 cm³/mol. The first-order valence-electron chi connectivity index (χ1n) is 7.04. The quantitative estimate of drug-likeness (QED) is 0.747. The highest BCUT2D eigenvalue weighted by Gasteiger charge is 2.07. The number of nitrogens with one attached hydrogen (secondary N) is 2. The van der Waals surface area contributed by atoms with Gasteiger partial charge >= 0.3 is 0 Å². The second-order valence-corrected chi connectivity index (χ2v) is 4.70. The molecule has 0 fully saturated rings. The molecule has 0 bridgehead atoms. The van der Waals surface area contributed by atoms with Gasteiger partial charge in [0.05, 0.1) is 5.52 Å². The zero-order valence-corrected chi connectivity index (χ0v) is 11.9. The molecule has 3 aromatic rings. The molecule has 0 unspecified atom stereocenters. The fraction of sp³-hybridized carbons (Fsp3) is 0.188. The van der Waals surface area contributed by atoms with Crippen molar-refractivity contribution in [2.24, 2.45) is 0 Å². The van der Waals surface area contributed by atoms with Crippen molar-refractivity contribution in [1.82, 2.24) is 15.0 Å². The van der Waals surface area contributed by atoms with Crippen LogP contribution in [0.5, 0.6) is 0 Å². The summed E-state index contributed by atoms with van der Waals surface area (Å²) in [7, 11) is 0. The molecule has 0 aliphatic carbocycles. The standard InChI is InChI=1S/C16H17N5/c1-2-9-18-15-13-5-3-4-6-14(13)20-16(21-15)19-12-7-10-17-11-8-12/h3-8,10-11H,2,9H2,1H3,(H2,17,18,19,20,21). The van der Waals surface area contributed by atoms with Crippen LogP contribution in [0.4, 0.5) is 17.5 Å². The van der Waals surface area contributed by atoms with Crippen LogP contribution >= 0.6 is 0 Å². The molecule has 2 aromatic heterocycles. The van der Waals surface area contributed by atoms with E-state index in [0.29, 0.717) is 5.95 Å². The van der Waals surface area contributed by atoms with E-state index >= 15 is 0 Å². The van der Waals surface area contributed by atoms with Crippen LogP contribution in [0.25, 0.3) is 10.9 Å². The molecule has 5 nitrogen and oxygen atoms in total. The number of rotatable bonds is 5. The fourth-order valence-corrected chi connectivity index (χ4v) is 2.08. The van der Waals surface area contributed by atoms with Crippen LogP contribution in [0, 0.1) is 0 Å². The molecule has 0 aliphatic rings. The molecular formula is C16H17N5. The van der Waals surface area contributed by atoms with Crippen molar-refractivity contribution in [3.05, 3.63) is 48.8 Å². The summed E-state index contributed by atoms with van der Waals surface area (Å²) in [4.78, 5) is 13.1. The minimum atomic E-state index is 0.582. The molecule has 0 radical (unpaired) electrons. The first kappa shape index (κ1) is 13.3. The third-order valence-electron chi connectivity index (χ3n) is 3.08. The van der Waals surface area contributed by atoms with Crippen LogP contribution < -0.4 is 10.6 Å². The Bertz CT molecular complexity index is 727. The lowest BCUT2D eigenvalue weighted by molar-refractivity contribution is 0.970. The lowest BCUT2D eigenvalue weighted by Crippen LogP contribution is -2.06. The Morgan fingerprint density at radius 3 is 2.62 bits per heavy atom. The van der Waals surface area contributed by atoms with E-state index in [1.165, 1.54) is 0 Å². The van der Waals surface area contributed by atoms with E-state index in [4.69, 9.17) is 0 Å². The molecule has 3 rings (SSSR count). The molecule has 0 saturated heterocycles. The van der Waals surface area contributed by atoms with E-state index in [1.54, 1.807) is 12.4 Å². The molecule has 0 spiro atoms. The Hall–Kier alpha value is -2.69. The molecule has 2 heterocycles. The van der Waals surface area contributed by atoms with Crippen molar-refractivity contribution in [1.29, 1.82) is 0 Å². The van der Waals surface area contributed by atoms with Crippen LogP contribution in [-0.4, -0.2) is 21.5 Å². The van der Waals surface area contributed by atoms with E-state index in [1.807, 2.05) is 36.4 Å². The van der Waals surface area contributed by atoms with Gasteiger partial charge in [0.25, 0.3) is 0 Å². The van der Waals surface area contributed by atoms with Crippen molar-refractivity contribution in [3.63, 3.8) is 0 Å². The van der Waals surface area contributed by atoms with Crippen molar-refractivity contribution < 1.29 is 0 Å². The van der Waals surface area contributed by atoms with Crippen molar-refractivity contribution in [2.45, 2.75) is 13.3 Å². The average molecular weight is 279 g/mol. The highest BCUT2D eigenvalue weighted by atomic mass is 15.1. The van der Waals surface area contributed by atoms with Gasteiger partial charge in [-0.1, -0.05) is 19.1 Å². The number of nitrogens with zero attached hydrogens (tertiary/aromatic N) is 3. The SMILES string of the molecule is CCCNc1nc(Nc2ccncc2)nc2ccccc12. The topological polar surface area (TPSA) is 62.7 Å². The normalized spacial score (nSPS) is 10.5. The van der Waals surface area contributed by atoms with Gasteiger partial charge in [-0.3, -0.25) is 4.98 Å². The van der Waals surface area contributed by atoms with E-state index in [9.17, 15) is 0 Å². The maximum atomic E-state index is 4.58. The number of pyridine rings is 1. The third-order valence-corrected chi connectivity index (χ3v) is 3.08. The lowest BCUT2D eigenvalue weighted by atomic mass is 10.2. The summed E-state index contributed by atoms with van der Waals surface area (Å²) in [6.45, 7) is 3.02. The number of hydrogen-bond acceptors (Lipinski definition) is 5. The zero-order chi connectivity index (χ0) is 14.5. The first-order valence-corrected chi connectivity index (χ1v) is 7.04. The van der Waals surface area contributed by atoms with Crippen LogP contribution in [0.15, 0.2) is 48.8 Å². The summed E-state index contributed by atoms with van der Waals surface area (Å²) in [6.07, 6.45) is 4.52. The Morgan fingerprint density at radius 1 is 1.00 bits per heavy atom. The Kier molecular flexibility index (Phi) is 3.91. The number of para-hydroxylation sites is 1. The highest BCUT2D eigenvalue weighted by molar-refractivity contribution is 5.90. The summed E-state index contributed by atoms with van der Waals surface area (Å²) < 4.78 is 0. The minimum Gasteiger partial charge on any atom is -0.369 e. The first-order chi connectivity index (χ1) is 10.4. The average Bonchev–Trinajstić information content (AvgIpc) is 2.53. The third kappa shape index (κ3) is 3.08. The van der Waals surface area contributed by atoms with Gasteiger partial charge in [0.1, 0.15) is 5.82 Å². The minimum absolute atomic E-state index is 0.582. The molecule has 2 N–H and O–H groups in total. The molecule has 106 valence electrons. The zero-order valence-electron chi connectivity index (χ0n) is 11.9. The van der Waals surface area contributed by atoms with Gasteiger partial charge in [-0.15, -0.1) is 0 Å². The van der Waals surface area contributed by atoms with Gasteiger partial charge in [-0.05, 0) is 30.7 Å². The summed E-state index contributed by atoms with van der Waals surface area (Å²) in [6, 6.07) is 11.8. The molecular weight excluding hydrogens is 262 g/mol. The number of benzene rings is 1. The van der Waals surface area contributed by atoms with Gasteiger partial charge in [-0.25, -0.2) is 4.98 Å². The second kappa shape index (κ2) is 6.17. The van der Waals surface area contributed by atoms with Gasteiger partial charge < -0.3 is 10.6 Å². The smallest absolute Gasteiger partial charge is 0.229 e.